The molecular weight excluding hydrogens is 444 g/mol. The molecule has 190 valence electrons. The van der Waals surface area contributed by atoms with Crippen LogP contribution in [0.4, 0.5) is 0 Å². The summed E-state index contributed by atoms with van der Waals surface area (Å²) in [5.41, 5.74) is 0.457. The van der Waals surface area contributed by atoms with E-state index >= 15 is 0 Å². The minimum atomic E-state index is -0.641. The number of nitrogens with one attached hydrogen (secondary N) is 3. The third kappa shape index (κ3) is 6.49. The third-order valence-electron chi connectivity index (χ3n) is 7.74. The van der Waals surface area contributed by atoms with Crippen LogP contribution in [0.15, 0.2) is 42.5 Å². The molecule has 4 rings (SSSR count). The van der Waals surface area contributed by atoms with Crippen LogP contribution in [0.1, 0.15) is 37.7 Å². The van der Waals surface area contributed by atoms with Crippen LogP contribution in [0.5, 0.6) is 0 Å². The highest BCUT2D eigenvalue weighted by Gasteiger charge is 2.41. The lowest BCUT2D eigenvalue weighted by Crippen LogP contribution is -2.58. The summed E-state index contributed by atoms with van der Waals surface area (Å²) in [6.45, 7) is 2.97. The molecule has 3 aliphatic heterocycles. The topological polar surface area (TPSA) is 99.8 Å². The van der Waals surface area contributed by atoms with Crippen molar-refractivity contribution in [3.63, 3.8) is 0 Å². The largest absolute Gasteiger partial charge is 0.381 e. The smallest absolute Gasteiger partial charge is 0.243 e. The first-order valence-corrected chi connectivity index (χ1v) is 12.8. The van der Waals surface area contributed by atoms with Crippen LogP contribution in [0.25, 0.3) is 0 Å². The molecule has 1 aromatic rings. The Kier molecular flexibility index (Phi) is 8.57. The maximum absolute atomic E-state index is 13.6. The van der Waals surface area contributed by atoms with Gasteiger partial charge in [-0.05, 0) is 43.6 Å². The van der Waals surface area contributed by atoms with Crippen LogP contribution in [0.3, 0.4) is 0 Å². The fraction of sp³-hybridized carbons (Fsp3) is 0.593. The first kappa shape index (κ1) is 25.4. The Morgan fingerprint density at radius 3 is 2.66 bits per heavy atom. The summed E-state index contributed by atoms with van der Waals surface area (Å²) in [7, 11) is 1.65. The van der Waals surface area contributed by atoms with Crippen LogP contribution in [-0.4, -0.2) is 74.6 Å². The Balaban J connectivity index is 1.58. The summed E-state index contributed by atoms with van der Waals surface area (Å²) in [5, 5.41) is 9.09. The third-order valence-corrected chi connectivity index (χ3v) is 7.74. The van der Waals surface area contributed by atoms with E-state index in [1.165, 1.54) is 0 Å². The van der Waals surface area contributed by atoms with Gasteiger partial charge < -0.3 is 20.7 Å². The summed E-state index contributed by atoms with van der Waals surface area (Å²) in [6, 6.07) is 9.19. The zero-order valence-electron chi connectivity index (χ0n) is 20.6. The SMILES string of the molecule is CNC(=O)CN1CC[C@@H]2NC(=O)[C@@H](Cc3ccccc3)NC(=O)C3(C/C=C/C[C@@H]2C1)CCOCC3. The lowest BCUT2D eigenvalue weighted by atomic mass is 9.75. The molecule has 8 heteroatoms. The van der Waals surface area contributed by atoms with Crippen LogP contribution in [0.2, 0.25) is 0 Å². The number of carbonyl (C=O) groups is 3. The summed E-state index contributed by atoms with van der Waals surface area (Å²) in [6.07, 6.45) is 8.24. The number of fused-ring (bicyclic) bond motifs is 1. The van der Waals surface area contributed by atoms with Gasteiger partial charge in [0.15, 0.2) is 0 Å². The van der Waals surface area contributed by atoms with Crippen LogP contribution < -0.4 is 16.0 Å². The zero-order valence-corrected chi connectivity index (χ0v) is 20.6. The normalized spacial score (nSPS) is 28.5. The summed E-state index contributed by atoms with van der Waals surface area (Å²) < 4.78 is 5.56. The molecule has 1 aromatic carbocycles. The molecule has 0 saturated carbocycles. The van der Waals surface area contributed by atoms with Crippen molar-refractivity contribution in [3.05, 3.63) is 48.0 Å². The number of likely N-dealkylation sites (N-methyl/N-ethyl adjacent to an activating group) is 1. The van der Waals surface area contributed by atoms with E-state index in [1.54, 1.807) is 7.05 Å². The molecule has 8 nitrogen and oxygen atoms in total. The molecule has 0 unspecified atom stereocenters. The molecule has 2 fully saturated rings. The van der Waals surface area contributed by atoms with E-state index in [9.17, 15) is 14.4 Å². The van der Waals surface area contributed by atoms with E-state index in [0.29, 0.717) is 45.4 Å². The molecule has 3 atom stereocenters. The number of piperidine rings is 1. The molecule has 2 saturated heterocycles. The van der Waals surface area contributed by atoms with Crippen molar-refractivity contribution in [2.75, 3.05) is 39.9 Å². The van der Waals surface area contributed by atoms with Crippen molar-refractivity contribution in [2.24, 2.45) is 11.3 Å². The predicted molar refractivity (Wildman–Crippen MR) is 133 cm³/mol. The van der Waals surface area contributed by atoms with Crippen LogP contribution in [0, 0.1) is 11.3 Å². The van der Waals surface area contributed by atoms with Gasteiger partial charge in [0.2, 0.25) is 17.7 Å². The van der Waals surface area contributed by atoms with E-state index in [1.807, 2.05) is 30.3 Å². The minimum Gasteiger partial charge on any atom is -0.381 e. The summed E-state index contributed by atoms with van der Waals surface area (Å²) in [5.74, 6) is 0.0118. The van der Waals surface area contributed by atoms with Gasteiger partial charge in [-0.15, -0.1) is 0 Å². The highest BCUT2D eigenvalue weighted by Crippen LogP contribution is 2.36. The molecule has 3 N–H and O–H groups in total. The van der Waals surface area contributed by atoms with Crippen molar-refractivity contribution in [3.8, 4) is 0 Å². The maximum atomic E-state index is 13.6. The summed E-state index contributed by atoms with van der Waals surface area (Å²) >= 11 is 0. The molecule has 3 heterocycles. The number of likely N-dealkylation sites (tertiary alicyclic amines) is 1. The van der Waals surface area contributed by atoms with Gasteiger partial charge in [-0.2, -0.15) is 0 Å². The lowest BCUT2D eigenvalue weighted by Gasteiger charge is -2.40. The van der Waals surface area contributed by atoms with Gasteiger partial charge in [-0.1, -0.05) is 42.5 Å². The van der Waals surface area contributed by atoms with Gasteiger partial charge in [0.25, 0.3) is 0 Å². The first-order valence-electron chi connectivity index (χ1n) is 12.8. The number of benzene rings is 1. The zero-order chi connectivity index (χ0) is 24.7. The molecule has 1 spiro atoms. The second-order valence-electron chi connectivity index (χ2n) is 10.1. The van der Waals surface area contributed by atoms with Gasteiger partial charge in [0, 0.05) is 45.8 Å². The second kappa shape index (κ2) is 11.8. The number of allylic oxidation sites excluding steroid dienone is 2. The van der Waals surface area contributed by atoms with Crippen molar-refractivity contribution < 1.29 is 19.1 Å². The molecule has 0 bridgehead atoms. The molecular formula is C27H38N4O4. The molecule has 3 aliphatic rings. The molecule has 35 heavy (non-hydrogen) atoms. The Hall–Kier alpha value is -2.71. The number of nitrogens with zero attached hydrogens (tertiary/aromatic N) is 1. The number of rotatable bonds is 4. The Morgan fingerprint density at radius 2 is 1.91 bits per heavy atom. The summed E-state index contributed by atoms with van der Waals surface area (Å²) in [4.78, 5) is 41.2. The second-order valence-corrected chi connectivity index (χ2v) is 10.1. The number of amides is 3. The molecule has 0 radical (unpaired) electrons. The van der Waals surface area contributed by atoms with Crippen LogP contribution >= 0.6 is 0 Å². The molecule has 0 aliphatic carbocycles. The Labute approximate surface area is 207 Å². The van der Waals surface area contributed by atoms with Gasteiger partial charge in [-0.3, -0.25) is 19.3 Å². The average Bonchev–Trinajstić information content (AvgIpc) is 2.88. The van der Waals surface area contributed by atoms with Gasteiger partial charge >= 0.3 is 0 Å². The van der Waals surface area contributed by atoms with E-state index < -0.39 is 11.5 Å². The van der Waals surface area contributed by atoms with E-state index in [-0.39, 0.29) is 29.7 Å². The fourth-order valence-corrected chi connectivity index (χ4v) is 5.48. The standard InChI is InChI=1S/C27H38N4O4/c1-28-24(32)19-31-14-10-22-21(18-31)9-5-6-11-27(12-15-35-16-13-27)26(34)30-23(25(33)29-22)17-20-7-3-2-4-8-20/h2-8,21-23H,9-19H2,1H3,(H,28,32)(H,29,33)(H,30,34)/b6-5+/t21-,22+,23-/m1/s1. The quantitative estimate of drug-likeness (QED) is 0.564. The Bertz CT molecular complexity index is 913. The highest BCUT2D eigenvalue weighted by atomic mass is 16.5. The van der Waals surface area contributed by atoms with Gasteiger partial charge in [-0.25, -0.2) is 0 Å². The Morgan fingerprint density at radius 1 is 1.14 bits per heavy atom. The van der Waals surface area contributed by atoms with Gasteiger partial charge in [0.1, 0.15) is 6.04 Å². The lowest BCUT2D eigenvalue weighted by molar-refractivity contribution is -0.140. The van der Waals surface area contributed by atoms with Crippen molar-refractivity contribution in [1.82, 2.24) is 20.9 Å². The fourth-order valence-electron chi connectivity index (χ4n) is 5.48. The van der Waals surface area contributed by atoms with Gasteiger partial charge in [0.05, 0.1) is 12.0 Å². The van der Waals surface area contributed by atoms with Crippen LogP contribution in [-0.2, 0) is 25.5 Å². The van der Waals surface area contributed by atoms with Crippen molar-refractivity contribution >= 4 is 17.7 Å². The number of hydrogen-bond acceptors (Lipinski definition) is 5. The first-order chi connectivity index (χ1) is 17.0. The van der Waals surface area contributed by atoms with E-state index in [2.05, 4.69) is 33.0 Å². The van der Waals surface area contributed by atoms with E-state index in [4.69, 9.17) is 4.74 Å². The molecule has 0 aromatic heterocycles. The monoisotopic (exact) mass is 482 g/mol. The maximum Gasteiger partial charge on any atom is 0.243 e. The molecule has 3 amide bonds. The van der Waals surface area contributed by atoms with Crippen molar-refractivity contribution in [1.29, 1.82) is 0 Å². The predicted octanol–water partition coefficient (Wildman–Crippen LogP) is 1.41. The number of carbonyl (C=O) groups excluding carboxylic acids is 3. The highest BCUT2D eigenvalue weighted by molar-refractivity contribution is 5.90. The number of ether oxygens (including phenoxy) is 1. The number of hydrogen-bond donors (Lipinski definition) is 3. The minimum absolute atomic E-state index is 0.000250. The average molecular weight is 483 g/mol. The van der Waals surface area contributed by atoms with Crippen molar-refractivity contribution in [2.45, 2.75) is 50.6 Å². The van der Waals surface area contributed by atoms with E-state index in [0.717, 1.165) is 31.5 Å².